The average Bonchev–Trinajstić information content (AvgIpc) is 1.74. The van der Waals surface area contributed by atoms with Crippen LogP contribution < -0.4 is 42.6 Å². The van der Waals surface area contributed by atoms with Gasteiger partial charge in [0.15, 0.2) is 0 Å². The van der Waals surface area contributed by atoms with Crippen molar-refractivity contribution in [1.29, 1.82) is 0 Å². The molecule has 3 aliphatic heterocycles. The molecule has 3 fully saturated rings. The van der Waals surface area contributed by atoms with Crippen LogP contribution in [0.5, 0.6) is 0 Å². The van der Waals surface area contributed by atoms with Crippen LogP contribution in [-0.2, 0) is 28.6 Å². The van der Waals surface area contributed by atoms with Gasteiger partial charge in [-0.1, -0.05) is 50.1 Å². The Bertz CT molecular complexity index is 3630. The van der Waals surface area contributed by atoms with Gasteiger partial charge in [-0.3, -0.25) is 44.2 Å². The molecule has 9 atom stereocenters. The van der Waals surface area contributed by atoms with Crippen molar-refractivity contribution in [2.75, 3.05) is 60.6 Å². The number of esters is 3. The maximum atomic E-state index is 12.9. The van der Waals surface area contributed by atoms with Gasteiger partial charge in [-0.2, -0.15) is 0 Å². The molecule has 0 radical (unpaired) electrons. The maximum absolute atomic E-state index is 12.9. The highest BCUT2D eigenvalue weighted by Gasteiger charge is 2.36. The highest BCUT2D eigenvalue weighted by atomic mass is 32.1. The van der Waals surface area contributed by atoms with Crippen LogP contribution in [0.15, 0.2) is 171 Å². The lowest BCUT2D eigenvalue weighted by Crippen LogP contribution is -2.44. The van der Waals surface area contributed by atoms with Crippen molar-refractivity contribution in [2.24, 2.45) is 52.7 Å². The summed E-state index contributed by atoms with van der Waals surface area (Å²) in [6.07, 6.45) is 17.5. The van der Waals surface area contributed by atoms with E-state index in [1.165, 1.54) is 38.9 Å². The average molecular weight is 1350 g/mol. The largest absolute Gasteiger partial charge is 0.469 e. The van der Waals surface area contributed by atoms with Crippen LogP contribution in [-0.4, -0.2) is 144 Å². The lowest BCUT2D eigenvalue weighted by Gasteiger charge is -2.36. The van der Waals surface area contributed by atoms with E-state index in [1.54, 1.807) is 73.4 Å². The van der Waals surface area contributed by atoms with Gasteiger partial charge in [-0.05, 0) is 166 Å². The smallest absolute Gasteiger partial charge is 0.310 e. The lowest BCUT2D eigenvalue weighted by molar-refractivity contribution is -0.904. The molecule has 2 aromatic carbocycles. The van der Waals surface area contributed by atoms with E-state index in [1.807, 2.05) is 84.5 Å². The number of hydrogen-bond acceptors (Lipinski definition) is 19. The van der Waals surface area contributed by atoms with Crippen molar-refractivity contribution in [2.45, 2.75) is 96.7 Å². The quantitative estimate of drug-likeness (QED) is 0.0124. The van der Waals surface area contributed by atoms with Gasteiger partial charge in [0.2, 0.25) is 24.8 Å². The van der Waals surface area contributed by atoms with Gasteiger partial charge < -0.3 is 62.1 Å². The normalized spacial score (nSPS) is 17.8. The first-order valence-corrected chi connectivity index (χ1v) is 33.7. The van der Waals surface area contributed by atoms with Crippen molar-refractivity contribution < 1.29 is 62.9 Å². The van der Waals surface area contributed by atoms with E-state index < -0.39 is 29.8 Å². The van der Waals surface area contributed by atoms with E-state index in [2.05, 4.69) is 45.6 Å². The number of amides is 3. The van der Waals surface area contributed by atoms with Crippen molar-refractivity contribution in [1.82, 2.24) is 35.6 Å². The minimum Gasteiger partial charge on any atom is -0.469 e. The first-order valence-electron chi connectivity index (χ1n) is 32.8. The molecule has 4 aromatic heterocycles. The zero-order chi connectivity index (χ0) is 70.3. The number of carbonyl (C=O) groups excluding carboxylic acids is 6. The van der Waals surface area contributed by atoms with Crippen LogP contribution in [0.25, 0.3) is 33.4 Å². The molecule has 6 aromatic rings. The Morgan fingerprint density at radius 3 is 1.31 bits per heavy atom. The van der Waals surface area contributed by atoms with Crippen LogP contribution in [0, 0.1) is 35.5 Å². The lowest BCUT2D eigenvalue weighted by atomic mass is 9.85. The summed E-state index contributed by atoms with van der Waals surface area (Å²) in [6.45, 7) is 21.9. The Morgan fingerprint density at radius 1 is 0.536 bits per heavy atom. The number of nitrogens with zero attached hydrogens (tertiary/aromatic N) is 6. The van der Waals surface area contributed by atoms with Crippen LogP contribution in [0.1, 0.15) is 109 Å². The molecule has 0 spiro atoms. The molecule has 0 saturated carbocycles. The summed E-state index contributed by atoms with van der Waals surface area (Å²) in [5.41, 5.74) is 24.0. The van der Waals surface area contributed by atoms with E-state index in [0.717, 1.165) is 121 Å². The molecule has 11 N–H and O–H groups in total. The predicted octanol–water partition coefficient (Wildman–Crippen LogP) is 7.89. The number of likely N-dealkylation sites (tertiary alicyclic amines) is 3. The molecule has 0 bridgehead atoms. The molecule has 3 aliphatic rings. The fraction of sp³-hybridized carbons (Fsp3) is 0.411. The number of benzene rings is 2. The van der Waals surface area contributed by atoms with Crippen LogP contribution in [0.2, 0.25) is 0 Å². The van der Waals surface area contributed by atoms with Gasteiger partial charge in [0.25, 0.3) is 17.7 Å². The van der Waals surface area contributed by atoms with E-state index in [4.69, 9.17) is 31.4 Å². The van der Waals surface area contributed by atoms with Crippen LogP contribution >= 0.6 is 11.3 Å². The number of piperidine rings is 3. The Balaban J connectivity index is 0.000000205. The van der Waals surface area contributed by atoms with Crippen molar-refractivity contribution in [3.8, 4) is 33.4 Å². The molecule has 97 heavy (non-hydrogen) atoms. The van der Waals surface area contributed by atoms with Gasteiger partial charge in [-0.25, -0.2) is 0 Å². The standard InChI is InChI=1S/2C25H32N4O4.C23H30N4O3S/c1-17(23(25(31)33-3)14-19-6-4-12-28(15-19)18(2)26)27-24(30)21-10-8-20(9-11-21)22-7-5-13-29(32)16-22;1-17(23(25(31)33-3)15-19-5-4-12-28(16-19)18(2)26)27-24(30)22-8-6-20(7-9-22)21-10-13-29(32)14-11-21;1-15(20(23(29)30-3)10-17-6-5-9-27(13-17)16(2)24)26-22(28)21-11-19(14-31-21)18-7-4-8-25-12-18/h5,7-11,13,16-17,19,23H,2,4,6,12,14-15,26H2,1,3H3,(H-,27,30,32);6-11,13-14,17,19,23H,2,4-5,12,15-16,26H2,1,3H3,(H-,27,30,32);4,7-8,11-12,14-15,17,20H,2,5-6,9-10,13,24H2,1,3H3,(H,26,28)/p+2/t2*17-,19?,23-;15-,17?,20-/m111/s1. The Labute approximate surface area is 572 Å². The zero-order valence-electron chi connectivity index (χ0n) is 56.5. The summed E-state index contributed by atoms with van der Waals surface area (Å²) < 4.78 is 17.1. The molecule has 23 nitrogen and oxygen atoms in total. The monoisotopic (exact) mass is 1350 g/mol. The number of methoxy groups -OCH3 is 3. The Morgan fingerprint density at radius 2 is 0.928 bits per heavy atom. The number of hydrogen-bond donors (Lipinski definition) is 8. The number of nitrogens with one attached hydrogen (secondary N) is 3. The molecule has 3 unspecified atom stereocenters. The highest BCUT2D eigenvalue weighted by molar-refractivity contribution is 7.12. The summed E-state index contributed by atoms with van der Waals surface area (Å²) >= 11 is 1.37. The molecular formula is C73H96N12O11S+2. The molecule has 3 amide bonds. The Hall–Kier alpha value is -9.97. The maximum Gasteiger partial charge on any atom is 0.310 e. The van der Waals surface area contributed by atoms with Gasteiger partial charge in [0, 0.05) is 114 Å². The van der Waals surface area contributed by atoms with E-state index in [-0.39, 0.29) is 59.4 Å². The number of aromatic nitrogens is 3. The minimum absolute atomic E-state index is 0.192. The molecule has 7 heterocycles. The second kappa shape index (κ2) is 36.2. The summed E-state index contributed by atoms with van der Waals surface area (Å²) in [6, 6.07) is 26.0. The molecule has 9 rings (SSSR count). The molecule has 3 saturated heterocycles. The number of thiophene rings is 1. The summed E-state index contributed by atoms with van der Waals surface area (Å²) in [4.78, 5) is 87.0. The molecular weight excluding hydrogens is 1250 g/mol. The van der Waals surface area contributed by atoms with Gasteiger partial charge >= 0.3 is 17.9 Å². The number of pyridine rings is 3. The molecule has 24 heteroatoms. The summed E-state index contributed by atoms with van der Waals surface area (Å²) in [5.74, 6) is -0.528. The van der Waals surface area contributed by atoms with E-state index in [9.17, 15) is 39.2 Å². The third-order valence-electron chi connectivity index (χ3n) is 18.3. The first kappa shape index (κ1) is 74.4. The Kier molecular flexibility index (Phi) is 27.8. The number of nitrogens with two attached hydrogens (primary N) is 3. The molecule has 0 aliphatic carbocycles. The van der Waals surface area contributed by atoms with E-state index in [0.29, 0.717) is 52.7 Å². The zero-order valence-corrected chi connectivity index (χ0v) is 57.3. The SMILES string of the molecule is C=C(N)N1CCCC(C[C@@H](C(=O)OC)[C@@H](C)NC(=O)c2cc(-c3cccnc3)cs2)C1.C=C(N)N1CCCC(C[C@@H](C(=O)OC)[C@@H](C)NC(=O)c2ccc(-c3cc[n+](O)cc3)cc2)C1.C=C(N)N1CCCC(C[C@@H](C(=O)OC)[C@@H](C)NC(=O)c2ccc(-c3ccc[n+](O)c3)cc2)C1. The van der Waals surface area contributed by atoms with Crippen LogP contribution in [0.4, 0.5) is 0 Å². The van der Waals surface area contributed by atoms with E-state index >= 15 is 0 Å². The first-order chi connectivity index (χ1) is 46.4. The fourth-order valence-electron chi connectivity index (χ4n) is 12.8. The summed E-state index contributed by atoms with van der Waals surface area (Å²) in [5, 5.41) is 29.8. The second-order valence-corrected chi connectivity index (χ2v) is 26.2. The van der Waals surface area contributed by atoms with Crippen molar-refractivity contribution in [3.63, 3.8) is 0 Å². The third kappa shape index (κ3) is 21.8. The van der Waals surface area contributed by atoms with Gasteiger partial charge in [0.05, 0.1) is 67.0 Å². The second-order valence-electron chi connectivity index (χ2n) is 25.3. The van der Waals surface area contributed by atoms with Gasteiger partial charge in [0.1, 0.15) is 0 Å². The topological polar surface area (TPSA) is 315 Å². The number of ether oxygens (including phenoxy) is 3. The molecule has 518 valence electrons. The van der Waals surface area contributed by atoms with Crippen LogP contribution in [0.3, 0.4) is 0 Å². The fourth-order valence-corrected chi connectivity index (χ4v) is 13.6. The van der Waals surface area contributed by atoms with Crippen molar-refractivity contribution >= 4 is 47.0 Å². The number of carbonyl (C=O) groups is 6. The van der Waals surface area contributed by atoms with Gasteiger partial charge in [-0.15, -0.1) is 11.3 Å². The third-order valence-corrected chi connectivity index (χ3v) is 19.2. The summed E-state index contributed by atoms with van der Waals surface area (Å²) in [7, 11) is 4.13. The minimum atomic E-state index is -0.460. The highest BCUT2D eigenvalue weighted by Crippen LogP contribution is 2.32. The predicted molar refractivity (Wildman–Crippen MR) is 370 cm³/mol. The van der Waals surface area contributed by atoms with Crippen molar-refractivity contribution in [3.05, 3.63) is 187 Å². The number of rotatable bonds is 24.